The summed E-state index contributed by atoms with van der Waals surface area (Å²) in [6.45, 7) is 7.73. The van der Waals surface area contributed by atoms with Crippen molar-refractivity contribution in [2.45, 2.75) is 65.2 Å². The first-order valence-electron chi connectivity index (χ1n) is 10.6. The lowest BCUT2D eigenvalue weighted by Crippen LogP contribution is -2.47. The second kappa shape index (κ2) is 8.29. The highest BCUT2D eigenvalue weighted by molar-refractivity contribution is 6.34. The number of ether oxygens (including phenoxy) is 1. The Morgan fingerprint density at radius 1 is 1.33 bits per heavy atom. The minimum absolute atomic E-state index is 0.126. The van der Waals surface area contributed by atoms with E-state index in [-0.39, 0.29) is 24.2 Å². The Morgan fingerprint density at radius 3 is 2.63 bits per heavy atom. The van der Waals surface area contributed by atoms with Crippen LogP contribution in [0.3, 0.4) is 0 Å². The highest BCUT2D eigenvalue weighted by Crippen LogP contribution is 2.39. The summed E-state index contributed by atoms with van der Waals surface area (Å²) in [6, 6.07) is 1.96. The van der Waals surface area contributed by atoms with Crippen LogP contribution in [0.25, 0.3) is 11.3 Å². The van der Waals surface area contributed by atoms with Gasteiger partial charge in [0.1, 0.15) is 16.8 Å². The van der Waals surface area contributed by atoms with Gasteiger partial charge in [-0.3, -0.25) is 0 Å². The second-order valence-corrected chi connectivity index (χ2v) is 9.19. The van der Waals surface area contributed by atoms with Crippen molar-refractivity contribution in [3.05, 3.63) is 28.7 Å². The highest BCUT2D eigenvalue weighted by atomic mass is 35.5. The molecule has 0 unspecified atom stereocenters. The molecule has 4 rings (SSSR count). The summed E-state index contributed by atoms with van der Waals surface area (Å²) >= 11 is 6.59. The molecule has 1 atom stereocenters. The molecule has 0 aromatic carbocycles. The van der Waals surface area contributed by atoms with E-state index in [4.69, 9.17) is 32.0 Å². The Morgan fingerprint density at radius 2 is 2.03 bits per heavy atom. The molecule has 0 bridgehead atoms. The van der Waals surface area contributed by atoms with E-state index in [1.807, 2.05) is 13.0 Å². The topological polar surface area (TPSA) is 97.4 Å². The van der Waals surface area contributed by atoms with Crippen molar-refractivity contribution >= 4 is 17.4 Å². The number of aryl methyl sites for hydroxylation is 1. The Labute approximate surface area is 182 Å². The predicted octanol–water partition coefficient (Wildman–Crippen LogP) is 3.49. The van der Waals surface area contributed by atoms with E-state index in [9.17, 15) is 5.11 Å². The van der Waals surface area contributed by atoms with Crippen molar-refractivity contribution in [3.63, 3.8) is 0 Å². The Bertz CT molecular complexity index is 924. The number of hydrogen-bond acceptors (Lipinski definition) is 7. The zero-order chi connectivity index (χ0) is 21.5. The minimum Gasteiger partial charge on any atom is -0.473 e. The number of aromatic nitrogens is 3. The van der Waals surface area contributed by atoms with Crippen LogP contribution in [0.4, 0.5) is 5.82 Å². The highest BCUT2D eigenvalue weighted by Gasteiger charge is 2.34. The van der Waals surface area contributed by atoms with Crippen molar-refractivity contribution in [1.29, 1.82) is 0 Å². The van der Waals surface area contributed by atoms with Crippen LogP contribution in [0.5, 0.6) is 5.88 Å². The number of pyridine rings is 1. The predicted molar refractivity (Wildman–Crippen MR) is 118 cm³/mol. The number of piperidine rings is 1. The zero-order valence-corrected chi connectivity index (χ0v) is 18.6. The number of nitrogens with zero attached hydrogens (tertiary/aromatic N) is 4. The molecule has 2 aromatic heterocycles. The average molecular weight is 432 g/mol. The first kappa shape index (κ1) is 21.3. The van der Waals surface area contributed by atoms with Gasteiger partial charge >= 0.3 is 0 Å². The van der Waals surface area contributed by atoms with Crippen LogP contribution in [0, 0.1) is 12.3 Å². The largest absolute Gasteiger partial charge is 0.473 e. The number of aliphatic hydroxyl groups is 1. The van der Waals surface area contributed by atoms with Crippen molar-refractivity contribution < 1.29 is 9.84 Å². The lowest BCUT2D eigenvalue weighted by molar-refractivity contribution is 0.204. The summed E-state index contributed by atoms with van der Waals surface area (Å²) in [6.07, 6.45) is 5.90. The fourth-order valence-electron chi connectivity index (χ4n) is 3.87. The Kier molecular flexibility index (Phi) is 5.88. The summed E-state index contributed by atoms with van der Waals surface area (Å²) in [5.41, 5.74) is 9.00. The van der Waals surface area contributed by atoms with Gasteiger partial charge in [-0.2, -0.15) is 0 Å². The SMILES string of the molecule is Cc1nc(N2CCC(C)([C@H](C)N)CC2)c(CO)nc1-c1ccnc(OC2CC2)c1Cl. The van der Waals surface area contributed by atoms with Crippen molar-refractivity contribution in [2.24, 2.45) is 11.1 Å². The summed E-state index contributed by atoms with van der Waals surface area (Å²) in [7, 11) is 0. The maximum Gasteiger partial charge on any atom is 0.233 e. The molecule has 30 heavy (non-hydrogen) atoms. The number of anilines is 1. The lowest BCUT2D eigenvalue weighted by Gasteiger charge is -2.42. The van der Waals surface area contributed by atoms with Crippen LogP contribution in [-0.2, 0) is 6.61 Å². The van der Waals surface area contributed by atoms with E-state index in [1.54, 1.807) is 6.20 Å². The maximum atomic E-state index is 10.0. The molecule has 8 heteroatoms. The molecule has 1 saturated carbocycles. The van der Waals surface area contributed by atoms with Gasteiger partial charge in [-0.25, -0.2) is 15.0 Å². The molecule has 162 valence electrons. The van der Waals surface area contributed by atoms with Crippen LogP contribution in [0.2, 0.25) is 5.02 Å². The molecule has 1 aliphatic carbocycles. The van der Waals surface area contributed by atoms with E-state index in [0.717, 1.165) is 55.8 Å². The number of halogens is 1. The molecule has 3 N–H and O–H groups in total. The number of rotatable bonds is 6. The quantitative estimate of drug-likeness (QED) is 0.722. The monoisotopic (exact) mass is 431 g/mol. The first-order valence-corrected chi connectivity index (χ1v) is 11.0. The van der Waals surface area contributed by atoms with Gasteiger partial charge in [-0.05, 0) is 51.0 Å². The standard InChI is InChI=1S/C22H30ClN5O2/c1-13-19(16-6-9-25-21(18(16)23)30-15-4-5-15)27-17(12-29)20(26-13)28-10-7-22(3,8-11-28)14(2)24/h6,9,14-15,29H,4-5,7-8,10-12,24H2,1-3H3/t14-/m0/s1. The summed E-state index contributed by atoms with van der Waals surface area (Å²) in [4.78, 5) is 16.1. The molecule has 0 radical (unpaired) electrons. The fraction of sp³-hybridized carbons (Fsp3) is 0.591. The van der Waals surface area contributed by atoms with Crippen molar-refractivity contribution in [2.75, 3.05) is 18.0 Å². The van der Waals surface area contributed by atoms with Crippen LogP contribution in [-0.4, -0.2) is 45.3 Å². The van der Waals surface area contributed by atoms with E-state index in [2.05, 4.69) is 23.7 Å². The van der Waals surface area contributed by atoms with Crippen molar-refractivity contribution in [1.82, 2.24) is 15.0 Å². The molecule has 1 saturated heterocycles. The molecular weight excluding hydrogens is 402 g/mol. The molecule has 7 nitrogen and oxygen atoms in total. The van der Waals surface area contributed by atoms with E-state index >= 15 is 0 Å². The zero-order valence-electron chi connectivity index (χ0n) is 17.9. The molecule has 0 spiro atoms. The van der Waals surface area contributed by atoms with Crippen LogP contribution < -0.4 is 15.4 Å². The minimum atomic E-state index is -0.190. The van der Waals surface area contributed by atoms with E-state index in [0.29, 0.717) is 22.3 Å². The molecule has 0 amide bonds. The van der Waals surface area contributed by atoms with Gasteiger partial charge in [-0.1, -0.05) is 18.5 Å². The molecule has 2 aliphatic rings. The molecule has 1 aliphatic heterocycles. The van der Waals surface area contributed by atoms with Gasteiger partial charge in [0, 0.05) is 30.9 Å². The van der Waals surface area contributed by atoms with Gasteiger partial charge in [-0.15, -0.1) is 0 Å². The fourth-order valence-corrected chi connectivity index (χ4v) is 4.12. The van der Waals surface area contributed by atoms with Gasteiger partial charge in [0.15, 0.2) is 5.82 Å². The van der Waals surface area contributed by atoms with Gasteiger partial charge in [0.05, 0.1) is 18.0 Å². The first-order chi connectivity index (χ1) is 14.3. The van der Waals surface area contributed by atoms with Gasteiger partial charge in [0.2, 0.25) is 5.88 Å². The van der Waals surface area contributed by atoms with Crippen molar-refractivity contribution in [3.8, 4) is 17.1 Å². The summed E-state index contributed by atoms with van der Waals surface area (Å²) in [5, 5.41) is 10.5. The third kappa shape index (κ3) is 4.11. The summed E-state index contributed by atoms with van der Waals surface area (Å²) < 4.78 is 5.81. The Balaban J connectivity index is 1.64. The average Bonchev–Trinajstić information content (AvgIpc) is 3.54. The number of nitrogens with two attached hydrogens (primary N) is 1. The molecule has 3 heterocycles. The lowest BCUT2D eigenvalue weighted by atomic mass is 9.75. The number of hydrogen-bond donors (Lipinski definition) is 2. The molecule has 2 aromatic rings. The smallest absolute Gasteiger partial charge is 0.233 e. The Hall–Kier alpha value is -1.96. The van der Waals surface area contributed by atoms with Gasteiger partial charge in [0.25, 0.3) is 0 Å². The van der Waals surface area contributed by atoms with Crippen LogP contribution >= 0.6 is 11.6 Å². The number of aliphatic hydroxyl groups excluding tert-OH is 1. The van der Waals surface area contributed by atoms with E-state index in [1.165, 1.54) is 0 Å². The van der Waals surface area contributed by atoms with Crippen LogP contribution in [0.15, 0.2) is 12.3 Å². The third-order valence-electron chi connectivity index (χ3n) is 6.49. The molecular formula is C22H30ClN5O2. The normalized spacial score (nSPS) is 19.6. The maximum absolute atomic E-state index is 10.0. The third-order valence-corrected chi connectivity index (χ3v) is 6.86. The molecule has 2 fully saturated rings. The second-order valence-electron chi connectivity index (χ2n) is 8.81. The summed E-state index contributed by atoms with van der Waals surface area (Å²) in [5.74, 6) is 1.17. The van der Waals surface area contributed by atoms with Crippen LogP contribution in [0.1, 0.15) is 50.9 Å². The van der Waals surface area contributed by atoms with Gasteiger partial charge < -0.3 is 20.5 Å². The van der Waals surface area contributed by atoms with E-state index < -0.39 is 0 Å².